The van der Waals surface area contributed by atoms with Gasteiger partial charge in [-0.15, -0.1) is 22.7 Å². The summed E-state index contributed by atoms with van der Waals surface area (Å²) in [4.78, 5) is 31.8. The summed E-state index contributed by atoms with van der Waals surface area (Å²) in [5, 5.41) is 0. The molecule has 28 heavy (non-hydrogen) atoms. The van der Waals surface area contributed by atoms with Gasteiger partial charge in [-0.25, -0.2) is 0 Å². The predicted molar refractivity (Wildman–Crippen MR) is 122 cm³/mol. The Labute approximate surface area is 188 Å². The van der Waals surface area contributed by atoms with Crippen molar-refractivity contribution in [2.45, 2.75) is 27.7 Å². The number of carbonyl (C=O) groups excluding carboxylic acids is 2. The van der Waals surface area contributed by atoms with Crippen molar-refractivity contribution >= 4 is 77.7 Å². The van der Waals surface area contributed by atoms with Gasteiger partial charge in [0.05, 0.1) is 39.9 Å². The minimum atomic E-state index is -0.124. The fourth-order valence-corrected chi connectivity index (χ4v) is 7.45. The summed E-state index contributed by atoms with van der Waals surface area (Å²) in [7, 11) is 3.51. The topological polar surface area (TPSA) is 40.6 Å². The van der Waals surface area contributed by atoms with E-state index in [-0.39, 0.29) is 11.8 Å². The molecule has 2 aromatic rings. The average Bonchev–Trinajstić information content (AvgIpc) is 3.25. The molecule has 0 unspecified atom stereocenters. The number of likely N-dealkylation sites (N-methyl/N-ethyl adjacent to an activating group) is 2. The Bertz CT molecular complexity index is 1060. The van der Waals surface area contributed by atoms with E-state index in [1.165, 1.54) is 0 Å². The lowest BCUT2D eigenvalue weighted by Gasteiger charge is -2.19. The first kappa shape index (κ1) is 20.1. The van der Waals surface area contributed by atoms with Crippen LogP contribution in [0.25, 0.3) is 11.4 Å². The molecule has 2 aliphatic rings. The Morgan fingerprint density at radius 3 is 1.21 bits per heavy atom. The summed E-state index contributed by atoms with van der Waals surface area (Å²) >= 11 is 10.3. The minimum Gasteiger partial charge on any atom is -0.309 e. The first-order valence-corrected chi connectivity index (χ1v) is 11.9. The summed E-state index contributed by atoms with van der Waals surface area (Å²) in [6, 6.07) is 0. The van der Waals surface area contributed by atoms with Gasteiger partial charge in [-0.2, -0.15) is 0 Å². The Hall–Kier alpha value is -1.22. The van der Waals surface area contributed by atoms with E-state index >= 15 is 0 Å². The molecule has 0 aliphatic carbocycles. The van der Waals surface area contributed by atoms with Crippen molar-refractivity contribution in [3.8, 4) is 0 Å². The van der Waals surface area contributed by atoms with E-state index in [9.17, 15) is 9.59 Å². The van der Waals surface area contributed by atoms with Gasteiger partial charge in [-0.05, 0) is 81.8 Å². The normalized spacial score (nSPS) is 17.0. The third-order valence-electron chi connectivity index (χ3n) is 5.64. The van der Waals surface area contributed by atoms with Crippen molar-refractivity contribution in [1.29, 1.82) is 0 Å². The maximum atomic E-state index is 13.3. The smallest absolute Gasteiger partial charge is 0.261 e. The zero-order chi connectivity index (χ0) is 20.7. The third-order valence-corrected chi connectivity index (χ3v) is 10.2. The SMILES string of the molecule is Cc1c(Br)sc(C2=C3C(=O)N(C)C(c4sc(Br)c(C)c4C)=C3C(=O)N2C)c1C. The lowest BCUT2D eigenvalue weighted by atomic mass is 10.0. The number of halogens is 2. The van der Waals surface area contributed by atoms with Crippen LogP contribution in [0.5, 0.6) is 0 Å². The van der Waals surface area contributed by atoms with Crippen LogP contribution in [-0.4, -0.2) is 35.7 Å². The van der Waals surface area contributed by atoms with Gasteiger partial charge in [0.15, 0.2) is 0 Å². The van der Waals surface area contributed by atoms with Crippen molar-refractivity contribution in [3.05, 3.63) is 50.7 Å². The molecule has 0 aromatic carbocycles. The molecular formula is C20H18Br2N2O2S2. The van der Waals surface area contributed by atoms with Crippen LogP contribution in [0, 0.1) is 27.7 Å². The Balaban J connectivity index is 2.05. The monoisotopic (exact) mass is 540 g/mol. The highest BCUT2D eigenvalue weighted by Crippen LogP contribution is 2.50. The molecule has 0 bridgehead atoms. The highest BCUT2D eigenvalue weighted by atomic mass is 79.9. The van der Waals surface area contributed by atoms with Gasteiger partial charge < -0.3 is 9.80 Å². The van der Waals surface area contributed by atoms with E-state index < -0.39 is 0 Å². The van der Waals surface area contributed by atoms with Crippen LogP contribution in [0.4, 0.5) is 0 Å². The first-order valence-electron chi connectivity index (χ1n) is 8.64. The quantitative estimate of drug-likeness (QED) is 0.494. The van der Waals surface area contributed by atoms with Crippen LogP contribution in [0.1, 0.15) is 32.0 Å². The maximum absolute atomic E-state index is 13.3. The second kappa shape index (κ2) is 6.65. The molecule has 0 saturated heterocycles. The zero-order valence-corrected chi connectivity index (χ0v) is 21.1. The lowest BCUT2D eigenvalue weighted by molar-refractivity contribution is -0.123. The molecule has 0 fully saturated rings. The molecule has 2 amide bonds. The van der Waals surface area contributed by atoms with Gasteiger partial charge in [-0.3, -0.25) is 9.59 Å². The van der Waals surface area contributed by atoms with Crippen LogP contribution in [-0.2, 0) is 9.59 Å². The number of hydrogen-bond acceptors (Lipinski definition) is 4. The number of thiophene rings is 2. The van der Waals surface area contributed by atoms with Crippen molar-refractivity contribution in [1.82, 2.24) is 9.80 Å². The number of carbonyl (C=O) groups is 2. The maximum Gasteiger partial charge on any atom is 0.261 e. The molecule has 4 nitrogen and oxygen atoms in total. The van der Waals surface area contributed by atoms with E-state index in [4.69, 9.17) is 0 Å². The molecule has 0 atom stereocenters. The van der Waals surface area contributed by atoms with E-state index in [2.05, 4.69) is 31.9 Å². The zero-order valence-electron chi connectivity index (χ0n) is 16.3. The highest BCUT2D eigenvalue weighted by molar-refractivity contribution is 9.11. The van der Waals surface area contributed by atoms with Gasteiger partial charge in [0, 0.05) is 14.1 Å². The number of hydrogen-bond donors (Lipinski definition) is 0. The number of fused-ring (bicyclic) bond motifs is 1. The van der Waals surface area contributed by atoms with Crippen LogP contribution in [0.15, 0.2) is 18.7 Å². The van der Waals surface area contributed by atoms with Gasteiger partial charge in [0.2, 0.25) is 0 Å². The molecular weight excluding hydrogens is 524 g/mol. The first-order chi connectivity index (χ1) is 13.1. The van der Waals surface area contributed by atoms with Crippen molar-refractivity contribution in [2.75, 3.05) is 14.1 Å². The molecule has 2 aliphatic heterocycles. The van der Waals surface area contributed by atoms with Gasteiger partial charge in [0.25, 0.3) is 11.8 Å². The summed E-state index contributed by atoms with van der Waals surface area (Å²) < 4.78 is 2.05. The Morgan fingerprint density at radius 2 is 0.964 bits per heavy atom. The fraction of sp³-hybridized carbons (Fsp3) is 0.300. The molecule has 0 spiro atoms. The molecule has 4 rings (SSSR count). The van der Waals surface area contributed by atoms with E-state index in [0.717, 1.165) is 39.6 Å². The number of rotatable bonds is 2. The highest BCUT2D eigenvalue weighted by Gasteiger charge is 2.48. The van der Waals surface area contributed by atoms with Crippen molar-refractivity contribution in [3.63, 3.8) is 0 Å². The summed E-state index contributed by atoms with van der Waals surface area (Å²) in [6.07, 6.45) is 0. The Morgan fingerprint density at radius 1 is 0.643 bits per heavy atom. The summed E-state index contributed by atoms with van der Waals surface area (Å²) in [6.45, 7) is 8.16. The number of amides is 2. The second-order valence-corrected chi connectivity index (χ2v) is 11.8. The summed E-state index contributed by atoms with van der Waals surface area (Å²) in [5.74, 6) is -0.248. The predicted octanol–water partition coefficient (Wildman–Crippen LogP) is 5.63. The van der Waals surface area contributed by atoms with Crippen LogP contribution < -0.4 is 0 Å². The van der Waals surface area contributed by atoms with Gasteiger partial charge >= 0.3 is 0 Å². The van der Waals surface area contributed by atoms with Crippen molar-refractivity contribution in [2.24, 2.45) is 0 Å². The molecule has 0 radical (unpaired) electrons. The molecule has 2 aromatic heterocycles. The third kappa shape index (κ3) is 2.51. The van der Waals surface area contributed by atoms with Crippen LogP contribution in [0.2, 0.25) is 0 Å². The van der Waals surface area contributed by atoms with Crippen LogP contribution in [0.3, 0.4) is 0 Å². The largest absolute Gasteiger partial charge is 0.309 e. The molecule has 0 N–H and O–H groups in total. The fourth-order valence-electron chi connectivity index (χ4n) is 3.63. The number of nitrogens with zero attached hydrogens (tertiary/aromatic N) is 2. The Kier molecular flexibility index (Phi) is 4.77. The van der Waals surface area contributed by atoms with E-state index in [0.29, 0.717) is 22.5 Å². The molecule has 146 valence electrons. The van der Waals surface area contributed by atoms with E-state index in [1.807, 2.05) is 27.7 Å². The standard InChI is InChI=1S/C20H18Br2N2O2S2/c1-7-9(3)17(21)27-15(7)13-11-12(20(26)23(13)5)14(24(6)19(11)25)16-8(2)10(4)18(22)28-16/h1-6H3. The van der Waals surface area contributed by atoms with Crippen LogP contribution >= 0.6 is 54.5 Å². The molecule has 8 heteroatoms. The summed E-state index contributed by atoms with van der Waals surface area (Å²) in [5.41, 5.74) is 6.93. The lowest BCUT2D eigenvalue weighted by Crippen LogP contribution is -2.25. The van der Waals surface area contributed by atoms with Gasteiger partial charge in [0.1, 0.15) is 0 Å². The molecule has 4 heterocycles. The second-order valence-electron chi connectivity index (χ2n) is 7.09. The average molecular weight is 542 g/mol. The van der Waals surface area contributed by atoms with Crippen molar-refractivity contribution < 1.29 is 9.59 Å². The minimum absolute atomic E-state index is 0.124. The van der Waals surface area contributed by atoms with E-state index in [1.54, 1.807) is 46.6 Å². The van der Waals surface area contributed by atoms with Gasteiger partial charge in [-0.1, -0.05) is 0 Å². The molecule has 0 saturated carbocycles.